The minimum Gasteiger partial charge on any atom is -0.497 e. The molecule has 4 heteroatoms. The van der Waals surface area contributed by atoms with Crippen LogP contribution in [0.1, 0.15) is 30.1 Å². The van der Waals surface area contributed by atoms with E-state index in [4.69, 9.17) is 9.47 Å². The van der Waals surface area contributed by atoms with Crippen LogP contribution >= 0.6 is 0 Å². The monoisotopic (exact) mass is 327 g/mol. The van der Waals surface area contributed by atoms with Crippen LogP contribution in [0.4, 0.5) is 0 Å². The first kappa shape index (κ1) is 16.8. The average molecular weight is 327 g/mol. The van der Waals surface area contributed by atoms with Gasteiger partial charge in [0.2, 0.25) is 0 Å². The van der Waals surface area contributed by atoms with Crippen molar-refractivity contribution in [3.05, 3.63) is 59.7 Å². The quantitative estimate of drug-likeness (QED) is 0.807. The molecule has 1 unspecified atom stereocenters. The molecule has 4 nitrogen and oxygen atoms in total. The largest absolute Gasteiger partial charge is 0.497 e. The SMILES string of the molecule is COc1cccc(C(O)CN(Cc2ccccc2OC)C2CC2)c1. The molecule has 1 aliphatic rings. The molecule has 1 fully saturated rings. The summed E-state index contributed by atoms with van der Waals surface area (Å²) in [5, 5.41) is 10.7. The van der Waals surface area contributed by atoms with Crippen LogP contribution in [0, 0.1) is 0 Å². The van der Waals surface area contributed by atoms with E-state index in [1.807, 2.05) is 42.5 Å². The van der Waals surface area contributed by atoms with Crippen molar-refractivity contribution in [1.82, 2.24) is 4.90 Å². The van der Waals surface area contributed by atoms with Gasteiger partial charge in [-0.25, -0.2) is 0 Å². The number of benzene rings is 2. The van der Waals surface area contributed by atoms with Crippen molar-refractivity contribution in [3.63, 3.8) is 0 Å². The summed E-state index contributed by atoms with van der Waals surface area (Å²) in [6, 6.07) is 16.3. The van der Waals surface area contributed by atoms with Crippen LogP contribution in [0.25, 0.3) is 0 Å². The maximum absolute atomic E-state index is 10.7. The Morgan fingerprint density at radius 2 is 1.88 bits per heavy atom. The number of nitrogens with zero attached hydrogens (tertiary/aromatic N) is 1. The van der Waals surface area contributed by atoms with E-state index in [9.17, 15) is 5.11 Å². The van der Waals surface area contributed by atoms with E-state index in [2.05, 4.69) is 11.0 Å². The fourth-order valence-electron chi connectivity index (χ4n) is 3.01. The van der Waals surface area contributed by atoms with Crippen molar-refractivity contribution in [1.29, 1.82) is 0 Å². The summed E-state index contributed by atoms with van der Waals surface area (Å²) >= 11 is 0. The van der Waals surface area contributed by atoms with Crippen LogP contribution in [-0.4, -0.2) is 36.8 Å². The van der Waals surface area contributed by atoms with Crippen molar-refractivity contribution >= 4 is 0 Å². The van der Waals surface area contributed by atoms with Gasteiger partial charge in [-0.05, 0) is 36.6 Å². The first-order valence-electron chi connectivity index (χ1n) is 8.39. The smallest absolute Gasteiger partial charge is 0.123 e. The van der Waals surface area contributed by atoms with Gasteiger partial charge in [-0.3, -0.25) is 4.90 Å². The third-order valence-corrected chi connectivity index (χ3v) is 4.52. The van der Waals surface area contributed by atoms with Crippen molar-refractivity contribution in [2.45, 2.75) is 31.5 Å². The van der Waals surface area contributed by atoms with Crippen LogP contribution in [0.3, 0.4) is 0 Å². The van der Waals surface area contributed by atoms with E-state index in [-0.39, 0.29) is 0 Å². The number of aliphatic hydroxyl groups is 1. The first-order valence-corrected chi connectivity index (χ1v) is 8.39. The third-order valence-electron chi connectivity index (χ3n) is 4.52. The molecule has 0 aliphatic heterocycles. The highest BCUT2D eigenvalue weighted by atomic mass is 16.5. The van der Waals surface area contributed by atoms with Crippen LogP contribution in [0.2, 0.25) is 0 Å². The number of hydrogen-bond acceptors (Lipinski definition) is 4. The standard InChI is InChI=1S/C20H25NO3/c1-23-18-8-5-7-15(12-18)19(22)14-21(17-10-11-17)13-16-6-3-4-9-20(16)24-2/h3-9,12,17,19,22H,10-11,13-14H2,1-2H3. The van der Waals surface area contributed by atoms with E-state index in [1.54, 1.807) is 14.2 Å². The highest BCUT2D eigenvalue weighted by molar-refractivity contribution is 5.33. The zero-order valence-corrected chi connectivity index (χ0v) is 14.3. The fourth-order valence-corrected chi connectivity index (χ4v) is 3.01. The van der Waals surface area contributed by atoms with Gasteiger partial charge in [-0.15, -0.1) is 0 Å². The Hall–Kier alpha value is -2.04. The molecule has 0 saturated heterocycles. The predicted octanol–water partition coefficient (Wildman–Crippen LogP) is 3.40. The van der Waals surface area contributed by atoms with E-state index < -0.39 is 6.10 Å². The summed E-state index contributed by atoms with van der Waals surface area (Å²) in [6.07, 6.45) is 1.86. The maximum atomic E-state index is 10.7. The molecule has 0 heterocycles. The molecule has 0 amide bonds. The molecule has 1 N–H and O–H groups in total. The minimum absolute atomic E-state index is 0.532. The van der Waals surface area contributed by atoms with E-state index in [0.29, 0.717) is 12.6 Å². The molecule has 0 spiro atoms. The molecule has 0 bridgehead atoms. The average Bonchev–Trinajstić information content (AvgIpc) is 3.46. The zero-order chi connectivity index (χ0) is 16.9. The van der Waals surface area contributed by atoms with Gasteiger partial charge >= 0.3 is 0 Å². The Labute approximate surface area is 143 Å². The van der Waals surface area contributed by atoms with Crippen LogP contribution in [0.5, 0.6) is 11.5 Å². The summed E-state index contributed by atoms with van der Waals surface area (Å²) in [5.41, 5.74) is 2.05. The van der Waals surface area contributed by atoms with E-state index in [0.717, 1.165) is 29.2 Å². The Bertz CT molecular complexity index is 669. The molecule has 24 heavy (non-hydrogen) atoms. The van der Waals surface area contributed by atoms with Gasteiger partial charge in [-0.1, -0.05) is 30.3 Å². The van der Waals surface area contributed by atoms with Crippen LogP contribution in [-0.2, 0) is 6.54 Å². The Kier molecular flexibility index (Phi) is 5.38. The summed E-state index contributed by atoms with van der Waals surface area (Å²) < 4.78 is 10.7. The first-order chi connectivity index (χ1) is 11.7. The molecule has 3 rings (SSSR count). The van der Waals surface area contributed by atoms with Crippen LogP contribution < -0.4 is 9.47 Å². The topological polar surface area (TPSA) is 41.9 Å². The molecule has 2 aromatic rings. The summed E-state index contributed by atoms with van der Waals surface area (Å²) in [7, 11) is 3.34. The molecule has 0 aromatic heterocycles. The number of ether oxygens (including phenoxy) is 2. The third kappa shape index (κ3) is 4.08. The van der Waals surface area contributed by atoms with Gasteiger partial charge in [0.1, 0.15) is 11.5 Å². The molecule has 0 radical (unpaired) electrons. The van der Waals surface area contributed by atoms with Crippen molar-refractivity contribution in [2.24, 2.45) is 0 Å². The number of aliphatic hydroxyl groups excluding tert-OH is 1. The zero-order valence-electron chi connectivity index (χ0n) is 14.3. The van der Waals surface area contributed by atoms with Gasteiger partial charge in [0, 0.05) is 24.7 Å². The number of rotatable bonds is 8. The van der Waals surface area contributed by atoms with Crippen LogP contribution in [0.15, 0.2) is 48.5 Å². The van der Waals surface area contributed by atoms with Crippen molar-refractivity contribution in [3.8, 4) is 11.5 Å². The second-order valence-electron chi connectivity index (χ2n) is 6.26. The van der Waals surface area contributed by atoms with E-state index >= 15 is 0 Å². The minimum atomic E-state index is -0.532. The predicted molar refractivity (Wildman–Crippen MR) is 94.4 cm³/mol. The lowest BCUT2D eigenvalue weighted by Crippen LogP contribution is -2.30. The highest BCUT2D eigenvalue weighted by Gasteiger charge is 2.31. The summed E-state index contributed by atoms with van der Waals surface area (Å²) in [4.78, 5) is 2.35. The second kappa shape index (κ2) is 7.69. The Balaban J connectivity index is 1.72. The summed E-state index contributed by atoms with van der Waals surface area (Å²) in [5.74, 6) is 1.67. The summed E-state index contributed by atoms with van der Waals surface area (Å²) in [6.45, 7) is 1.39. The maximum Gasteiger partial charge on any atom is 0.123 e. The van der Waals surface area contributed by atoms with Gasteiger partial charge in [-0.2, -0.15) is 0 Å². The van der Waals surface area contributed by atoms with Crippen molar-refractivity contribution in [2.75, 3.05) is 20.8 Å². The molecule has 128 valence electrons. The number of hydrogen-bond donors (Lipinski definition) is 1. The van der Waals surface area contributed by atoms with Gasteiger partial charge in [0.15, 0.2) is 0 Å². The normalized spacial score (nSPS) is 15.3. The highest BCUT2D eigenvalue weighted by Crippen LogP contribution is 2.32. The fraction of sp³-hybridized carbons (Fsp3) is 0.400. The molecular weight excluding hydrogens is 302 g/mol. The number of methoxy groups -OCH3 is 2. The van der Waals surface area contributed by atoms with Gasteiger partial charge in [0.05, 0.1) is 20.3 Å². The lowest BCUT2D eigenvalue weighted by atomic mass is 10.1. The Morgan fingerprint density at radius 1 is 1.08 bits per heavy atom. The lowest BCUT2D eigenvalue weighted by molar-refractivity contribution is 0.104. The second-order valence-corrected chi connectivity index (χ2v) is 6.26. The number of para-hydroxylation sites is 1. The molecule has 1 saturated carbocycles. The molecule has 1 atom stereocenters. The van der Waals surface area contributed by atoms with Crippen molar-refractivity contribution < 1.29 is 14.6 Å². The molecular formula is C20H25NO3. The lowest BCUT2D eigenvalue weighted by Gasteiger charge is -2.26. The van der Waals surface area contributed by atoms with E-state index in [1.165, 1.54) is 12.8 Å². The molecule has 2 aromatic carbocycles. The molecule has 1 aliphatic carbocycles. The van der Waals surface area contributed by atoms with Gasteiger partial charge < -0.3 is 14.6 Å². The van der Waals surface area contributed by atoms with Gasteiger partial charge in [0.25, 0.3) is 0 Å². The Morgan fingerprint density at radius 3 is 2.58 bits per heavy atom.